The molecule has 2 rings (SSSR count). The van der Waals surface area contributed by atoms with Crippen molar-refractivity contribution in [1.29, 1.82) is 0 Å². The molecule has 0 unspecified atom stereocenters. The number of nitrogens with one attached hydrogen (secondary N) is 1. The summed E-state index contributed by atoms with van der Waals surface area (Å²) in [6.45, 7) is 2.27. The standard InChI is InChI=1S/C14H14FIN2O/c1-2-19-14-6-4-10(8-11(14)15)18-13-5-3-9(17)7-12(13)16/h3-8,18H,2,17H2,1H3. The third-order valence-electron chi connectivity index (χ3n) is 2.50. The number of hydrogen-bond donors (Lipinski definition) is 2. The molecule has 2 aromatic rings. The first-order chi connectivity index (χ1) is 9.10. The molecule has 0 bridgehead atoms. The number of halogens is 2. The Kier molecular flexibility index (Phi) is 4.47. The van der Waals surface area contributed by atoms with Crippen LogP contribution in [0.25, 0.3) is 0 Å². The molecule has 100 valence electrons. The molecule has 0 spiro atoms. The predicted molar refractivity (Wildman–Crippen MR) is 84.4 cm³/mol. The molecule has 19 heavy (non-hydrogen) atoms. The van der Waals surface area contributed by atoms with Crippen LogP contribution in [0.2, 0.25) is 0 Å². The average Bonchev–Trinajstić information content (AvgIpc) is 2.36. The monoisotopic (exact) mass is 372 g/mol. The van der Waals surface area contributed by atoms with Crippen LogP contribution in [0.15, 0.2) is 36.4 Å². The molecule has 0 atom stereocenters. The van der Waals surface area contributed by atoms with Gasteiger partial charge in [-0.25, -0.2) is 4.39 Å². The Morgan fingerprint density at radius 1 is 1.26 bits per heavy atom. The van der Waals surface area contributed by atoms with Crippen LogP contribution in [-0.4, -0.2) is 6.61 Å². The summed E-state index contributed by atoms with van der Waals surface area (Å²) < 4.78 is 19.9. The zero-order chi connectivity index (χ0) is 13.8. The van der Waals surface area contributed by atoms with Gasteiger partial charge >= 0.3 is 0 Å². The molecule has 0 aliphatic heterocycles. The van der Waals surface area contributed by atoms with Crippen molar-refractivity contribution < 1.29 is 9.13 Å². The summed E-state index contributed by atoms with van der Waals surface area (Å²) in [5, 5.41) is 3.15. The van der Waals surface area contributed by atoms with Gasteiger partial charge in [0, 0.05) is 21.0 Å². The van der Waals surface area contributed by atoms with E-state index in [0.717, 1.165) is 9.26 Å². The van der Waals surface area contributed by atoms with Crippen LogP contribution in [0.3, 0.4) is 0 Å². The molecule has 0 saturated carbocycles. The van der Waals surface area contributed by atoms with Gasteiger partial charge in [0.05, 0.1) is 12.3 Å². The Morgan fingerprint density at radius 2 is 2.05 bits per heavy atom. The van der Waals surface area contributed by atoms with Gasteiger partial charge in [0.25, 0.3) is 0 Å². The smallest absolute Gasteiger partial charge is 0.167 e. The van der Waals surface area contributed by atoms with Crippen LogP contribution in [0, 0.1) is 9.39 Å². The van der Waals surface area contributed by atoms with Crippen molar-refractivity contribution in [3.8, 4) is 5.75 Å². The maximum atomic E-state index is 13.7. The minimum Gasteiger partial charge on any atom is -0.491 e. The molecule has 5 heteroatoms. The molecule has 0 radical (unpaired) electrons. The highest BCUT2D eigenvalue weighted by atomic mass is 127. The summed E-state index contributed by atoms with van der Waals surface area (Å²) in [5.74, 6) is -0.114. The third kappa shape index (κ3) is 3.50. The Labute approximate surface area is 125 Å². The summed E-state index contributed by atoms with van der Waals surface area (Å²) in [7, 11) is 0. The van der Waals surface area contributed by atoms with Gasteiger partial charge in [-0.3, -0.25) is 0 Å². The lowest BCUT2D eigenvalue weighted by atomic mass is 10.2. The lowest BCUT2D eigenvalue weighted by Crippen LogP contribution is -1.98. The van der Waals surface area contributed by atoms with Gasteiger partial charge in [-0.1, -0.05) is 0 Å². The highest BCUT2D eigenvalue weighted by Gasteiger charge is 2.06. The van der Waals surface area contributed by atoms with E-state index in [9.17, 15) is 4.39 Å². The summed E-state index contributed by atoms with van der Waals surface area (Å²) in [4.78, 5) is 0. The zero-order valence-electron chi connectivity index (χ0n) is 10.4. The van der Waals surface area contributed by atoms with Crippen LogP contribution < -0.4 is 15.8 Å². The molecule has 0 heterocycles. The Bertz CT molecular complexity index is 590. The second kappa shape index (κ2) is 6.10. The van der Waals surface area contributed by atoms with E-state index in [1.165, 1.54) is 6.07 Å². The molecule has 0 saturated heterocycles. The van der Waals surface area contributed by atoms with Crippen LogP contribution in [0.5, 0.6) is 5.75 Å². The molecule has 0 aromatic heterocycles. The van der Waals surface area contributed by atoms with Gasteiger partial charge in [0.2, 0.25) is 0 Å². The number of anilines is 3. The molecule has 0 aliphatic rings. The minimum absolute atomic E-state index is 0.264. The van der Waals surface area contributed by atoms with E-state index in [1.807, 2.05) is 19.1 Å². The number of nitrogens with two attached hydrogens (primary N) is 1. The quantitative estimate of drug-likeness (QED) is 0.626. The fourth-order valence-electron chi connectivity index (χ4n) is 1.64. The van der Waals surface area contributed by atoms with E-state index in [-0.39, 0.29) is 11.6 Å². The highest BCUT2D eigenvalue weighted by molar-refractivity contribution is 14.1. The van der Waals surface area contributed by atoms with Crippen molar-refractivity contribution in [2.24, 2.45) is 0 Å². The SMILES string of the molecule is CCOc1ccc(Nc2ccc(N)cc2I)cc1F. The van der Waals surface area contributed by atoms with E-state index in [4.69, 9.17) is 10.5 Å². The molecule has 0 fully saturated rings. The van der Waals surface area contributed by atoms with Crippen LogP contribution >= 0.6 is 22.6 Å². The number of nitrogen functional groups attached to an aromatic ring is 1. The van der Waals surface area contributed by atoms with Crippen LogP contribution in [0.4, 0.5) is 21.5 Å². The molecule has 0 aliphatic carbocycles. The predicted octanol–water partition coefficient (Wildman–Crippen LogP) is 4.15. The Balaban J connectivity index is 2.21. The summed E-state index contributed by atoms with van der Waals surface area (Å²) in [5.41, 5.74) is 7.95. The van der Waals surface area contributed by atoms with Crippen molar-refractivity contribution in [3.05, 3.63) is 45.8 Å². The van der Waals surface area contributed by atoms with Gasteiger partial charge in [0.1, 0.15) is 0 Å². The maximum absolute atomic E-state index is 13.7. The van der Waals surface area contributed by atoms with Crippen molar-refractivity contribution in [2.75, 3.05) is 17.7 Å². The van der Waals surface area contributed by atoms with E-state index in [1.54, 1.807) is 18.2 Å². The fourth-order valence-corrected chi connectivity index (χ4v) is 2.31. The average molecular weight is 372 g/mol. The molecule has 0 amide bonds. The topological polar surface area (TPSA) is 47.3 Å². The third-order valence-corrected chi connectivity index (χ3v) is 3.40. The summed E-state index contributed by atoms with van der Waals surface area (Å²) >= 11 is 2.18. The van der Waals surface area contributed by atoms with E-state index in [0.29, 0.717) is 18.0 Å². The van der Waals surface area contributed by atoms with E-state index >= 15 is 0 Å². The normalized spacial score (nSPS) is 10.3. The number of hydrogen-bond acceptors (Lipinski definition) is 3. The largest absolute Gasteiger partial charge is 0.491 e. The van der Waals surface area contributed by atoms with E-state index in [2.05, 4.69) is 27.9 Å². The van der Waals surface area contributed by atoms with Crippen molar-refractivity contribution in [1.82, 2.24) is 0 Å². The Hall–Kier alpha value is -1.50. The highest BCUT2D eigenvalue weighted by Crippen LogP contribution is 2.27. The van der Waals surface area contributed by atoms with Gasteiger partial charge in [-0.15, -0.1) is 0 Å². The van der Waals surface area contributed by atoms with Crippen molar-refractivity contribution in [2.45, 2.75) is 6.92 Å². The van der Waals surface area contributed by atoms with Crippen molar-refractivity contribution >= 4 is 39.7 Å². The first kappa shape index (κ1) is 13.9. The lowest BCUT2D eigenvalue weighted by Gasteiger charge is -2.11. The van der Waals surface area contributed by atoms with Crippen LogP contribution in [0.1, 0.15) is 6.92 Å². The Morgan fingerprint density at radius 3 is 2.68 bits per heavy atom. The molecule has 3 N–H and O–H groups in total. The summed E-state index contributed by atoms with van der Waals surface area (Å²) in [6, 6.07) is 10.3. The molecular formula is C14H14FIN2O. The fraction of sp³-hybridized carbons (Fsp3) is 0.143. The summed E-state index contributed by atoms with van der Waals surface area (Å²) in [6.07, 6.45) is 0. The lowest BCUT2D eigenvalue weighted by molar-refractivity contribution is 0.321. The van der Waals surface area contributed by atoms with Gasteiger partial charge < -0.3 is 15.8 Å². The number of ether oxygens (including phenoxy) is 1. The first-order valence-corrected chi connectivity index (χ1v) is 6.92. The van der Waals surface area contributed by atoms with Gasteiger partial charge in [0.15, 0.2) is 11.6 Å². The number of rotatable bonds is 4. The first-order valence-electron chi connectivity index (χ1n) is 5.84. The second-order valence-corrected chi connectivity index (χ2v) is 5.10. The second-order valence-electron chi connectivity index (χ2n) is 3.94. The molecular weight excluding hydrogens is 358 g/mol. The molecule has 3 nitrogen and oxygen atoms in total. The minimum atomic E-state index is -0.377. The maximum Gasteiger partial charge on any atom is 0.167 e. The zero-order valence-corrected chi connectivity index (χ0v) is 12.6. The van der Waals surface area contributed by atoms with Gasteiger partial charge in [-0.05, 0) is 59.8 Å². The molecule has 2 aromatic carbocycles. The van der Waals surface area contributed by atoms with Crippen LogP contribution in [-0.2, 0) is 0 Å². The van der Waals surface area contributed by atoms with E-state index < -0.39 is 0 Å². The van der Waals surface area contributed by atoms with Crippen molar-refractivity contribution in [3.63, 3.8) is 0 Å². The number of benzene rings is 2. The van der Waals surface area contributed by atoms with Gasteiger partial charge in [-0.2, -0.15) is 0 Å².